The van der Waals surface area contributed by atoms with E-state index < -0.39 is 47.9 Å². The molecule has 33 heavy (non-hydrogen) atoms. The highest BCUT2D eigenvalue weighted by Gasteiger charge is 2.29. The molecular formula is C20H40N6O5S2. The molecule has 3 amide bonds. The predicted molar refractivity (Wildman–Crippen MR) is 134 cm³/mol. The lowest BCUT2D eigenvalue weighted by Crippen LogP contribution is -2.57. The number of aliphatic carboxylic acids is 1. The van der Waals surface area contributed by atoms with E-state index in [9.17, 15) is 24.3 Å². The summed E-state index contributed by atoms with van der Waals surface area (Å²) in [5.74, 6) is -2.15. The standard InChI is InChI=1S/C20H40N6O5S2/c1-33-11-8-13(23)17(27)26-16(12-32)19(29)24-14(6-2-4-9-21)18(28)25-15(20(30)31)7-3-5-10-22/h13-16,32H,2-12,21-23H2,1H3,(H,24,29)(H,25,28)(H,26,27)(H,30,31). The lowest BCUT2D eigenvalue weighted by Gasteiger charge is -2.24. The molecular weight excluding hydrogens is 468 g/mol. The van der Waals surface area contributed by atoms with Gasteiger partial charge in [0.25, 0.3) is 0 Å². The molecule has 0 rings (SSSR count). The normalized spacial score (nSPS) is 14.6. The molecule has 10 N–H and O–H groups in total. The Balaban J connectivity index is 5.19. The first kappa shape index (κ1) is 31.5. The number of rotatable bonds is 19. The number of hydrogen-bond acceptors (Lipinski definition) is 9. The third kappa shape index (κ3) is 13.7. The average Bonchev–Trinajstić information content (AvgIpc) is 2.79. The van der Waals surface area contributed by atoms with Gasteiger partial charge in [0, 0.05) is 5.75 Å². The van der Waals surface area contributed by atoms with Crippen molar-refractivity contribution < 1.29 is 24.3 Å². The molecule has 0 saturated carbocycles. The third-order valence-electron chi connectivity index (χ3n) is 4.93. The van der Waals surface area contributed by atoms with Crippen molar-refractivity contribution in [3.05, 3.63) is 0 Å². The van der Waals surface area contributed by atoms with Crippen LogP contribution >= 0.6 is 24.4 Å². The van der Waals surface area contributed by atoms with E-state index in [1.54, 1.807) is 11.8 Å². The van der Waals surface area contributed by atoms with Gasteiger partial charge in [0.2, 0.25) is 17.7 Å². The molecule has 4 atom stereocenters. The summed E-state index contributed by atoms with van der Waals surface area (Å²) in [6.45, 7) is 0.845. The number of nitrogens with two attached hydrogens (primary N) is 3. The zero-order chi connectivity index (χ0) is 25.2. The van der Waals surface area contributed by atoms with Crippen molar-refractivity contribution in [2.75, 3.05) is 30.9 Å². The van der Waals surface area contributed by atoms with Crippen LogP contribution < -0.4 is 33.2 Å². The van der Waals surface area contributed by atoms with E-state index in [-0.39, 0.29) is 18.6 Å². The SMILES string of the molecule is CSCCC(N)C(=O)NC(CS)C(=O)NC(CCCCN)C(=O)NC(CCCCN)C(=O)O. The van der Waals surface area contributed by atoms with Gasteiger partial charge in [0.05, 0.1) is 6.04 Å². The first-order valence-electron chi connectivity index (χ1n) is 11.1. The molecule has 0 saturated heterocycles. The van der Waals surface area contributed by atoms with Gasteiger partial charge in [0.1, 0.15) is 18.1 Å². The van der Waals surface area contributed by atoms with Gasteiger partial charge in [-0.25, -0.2) is 4.79 Å². The quantitative estimate of drug-likeness (QED) is 0.0778. The monoisotopic (exact) mass is 508 g/mol. The molecule has 0 radical (unpaired) electrons. The molecule has 0 aliphatic rings. The third-order valence-corrected chi connectivity index (χ3v) is 5.94. The van der Waals surface area contributed by atoms with Crippen molar-refractivity contribution in [1.29, 1.82) is 0 Å². The molecule has 0 aromatic heterocycles. The minimum absolute atomic E-state index is 0.000793. The summed E-state index contributed by atoms with van der Waals surface area (Å²) in [6.07, 6.45) is 5.22. The Morgan fingerprint density at radius 2 is 1.30 bits per heavy atom. The number of nitrogens with one attached hydrogen (secondary N) is 3. The number of carboxylic acids is 1. The van der Waals surface area contributed by atoms with Crippen LogP contribution in [0.4, 0.5) is 0 Å². The van der Waals surface area contributed by atoms with Gasteiger partial charge in [-0.15, -0.1) is 0 Å². The van der Waals surface area contributed by atoms with Crippen molar-refractivity contribution in [2.45, 2.75) is 69.1 Å². The number of amides is 3. The molecule has 0 spiro atoms. The minimum atomic E-state index is -1.16. The van der Waals surface area contributed by atoms with E-state index >= 15 is 0 Å². The van der Waals surface area contributed by atoms with Crippen molar-refractivity contribution >= 4 is 48.1 Å². The summed E-state index contributed by atoms with van der Waals surface area (Å²) >= 11 is 5.69. The summed E-state index contributed by atoms with van der Waals surface area (Å²) < 4.78 is 0. The predicted octanol–water partition coefficient (Wildman–Crippen LogP) is -1.21. The van der Waals surface area contributed by atoms with Gasteiger partial charge in [-0.05, 0) is 70.0 Å². The van der Waals surface area contributed by atoms with E-state index in [0.29, 0.717) is 50.9 Å². The highest BCUT2D eigenvalue weighted by atomic mass is 32.2. The number of unbranched alkanes of at least 4 members (excludes halogenated alkanes) is 2. The summed E-state index contributed by atoms with van der Waals surface area (Å²) in [7, 11) is 0. The molecule has 0 aliphatic heterocycles. The van der Waals surface area contributed by atoms with Crippen molar-refractivity contribution in [3.63, 3.8) is 0 Å². The summed E-state index contributed by atoms with van der Waals surface area (Å²) in [5.41, 5.74) is 16.8. The fourth-order valence-electron chi connectivity index (χ4n) is 2.91. The maximum atomic E-state index is 12.8. The number of thiol groups is 1. The van der Waals surface area contributed by atoms with Gasteiger partial charge in [-0.1, -0.05) is 0 Å². The topological polar surface area (TPSA) is 203 Å². The Kier molecular flexibility index (Phi) is 18.0. The number of thioether (sulfide) groups is 1. The number of hydrogen-bond donors (Lipinski definition) is 8. The van der Waals surface area contributed by atoms with Crippen LogP contribution in [0.3, 0.4) is 0 Å². The van der Waals surface area contributed by atoms with Crippen LogP contribution in [0.25, 0.3) is 0 Å². The first-order chi connectivity index (χ1) is 15.7. The lowest BCUT2D eigenvalue weighted by atomic mass is 10.1. The summed E-state index contributed by atoms with van der Waals surface area (Å²) in [5, 5.41) is 17.1. The average molecular weight is 509 g/mol. The van der Waals surface area contributed by atoms with Gasteiger partial charge in [-0.2, -0.15) is 24.4 Å². The molecule has 0 bridgehead atoms. The minimum Gasteiger partial charge on any atom is -0.480 e. The number of carbonyl (C=O) groups is 4. The van der Waals surface area contributed by atoms with Crippen LogP contribution in [0, 0.1) is 0 Å². The Hall–Kier alpha value is -1.54. The van der Waals surface area contributed by atoms with Crippen molar-refractivity contribution in [2.24, 2.45) is 17.2 Å². The molecule has 4 unspecified atom stereocenters. The Morgan fingerprint density at radius 1 is 0.818 bits per heavy atom. The van der Waals surface area contributed by atoms with Crippen LogP contribution in [-0.2, 0) is 19.2 Å². The van der Waals surface area contributed by atoms with Crippen molar-refractivity contribution in [1.82, 2.24) is 16.0 Å². The summed E-state index contributed by atoms with van der Waals surface area (Å²) in [6, 6.07) is -3.83. The smallest absolute Gasteiger partial charge is 0.326 e. The molecule has 0 aliphatic carbocycles. The van der Waals surface area contributed by atoms with E-state index in [4.69, 9.17) is 17.2 Å². The van der Waals surface area contributed by atoms with E-state index in [0.717, 1.165) is 0 Å². The zero-order valence-corrected chi connectivity index (χ0v) is 21.0. The number of carbonyl (C=O) groups excluding carboxylic acids is 3. The van der Waals surface area contributed by atoms with Gasteiger partial charge >= 0.3 is 5.97 Å². The maximum absolute atomic E-state index is 12.8. The number of carboxylic acid groups (broad SMARTS) is 1. The van der Waals surface area contributed by atoms with Crippen LogP contribution in [-0.4, -0.2) is 83.8 Å². The fraction of sp³-hybridized carbons (Fsp3) is 0.800. The molecule has 0 heterocycles. The highest BCUT2D eigenvalue weighted by molar-refractivity contribution is 7.98. The van der Waals surface area contributed by atoms with Crippen LogP contribution in [0.1, 0.15) is 44.9 Å². The second-order valence-electron chi connectivity index (χ2n) is 7.66. The highest BCUT2D eigenvalue weighted by Crippen LogP contribution is 2.06. The summed E-state index contributed by atoms with van der Waals surface area (Å²) in [4.78, 5) is 49.4. The zero-order valence-electron chi connectivity index (χ0n) is 19.3. The largest absolute Gasteiger partial charge is 0.480 e. The second-order valence-corrected chi connectivity index (χ2v) is 9.01. The van der Waals surface area contributed by atoms with Gasteiger partial charge < -0.3 is 38.3 Å². The maximum Gasteiger partial charge on any atom is 0.326 e. The van der Waals surface area contributed by atoms with Crippen LogP contribution in [0.5, 0.6) is 0 Å². The molecule has 0 aromatic rings. The Bertz CT molecular complexity index is 613. The van der Waals surface area contributed by atoms with Crippen molar-refractivity contribution in [3.8, 4) is 0 Å². The van der Waals surface area contributed by atoms with Crippen LogP contribution in [0.15, 0.2) is 0 Å². The lowest BCUT2D eigenvalue weighted by molar-refractivity contribution is -0.142. The molecule has 11 nitrogen and oxygen atoms in total. The van der Waals surface area contributed by atoms with E-state index in [1.165, 1.54) is 0 Å². The Morgan fingerprint density at radius 3 is 1.79 bits per heavy atom. The molecule has 192 valence electrons. The fourth-order valence-corrected chi connectivity index (χ4v) is 3.65. The van der Waals surface area contributed by atoms with Gasteiger partial charge in [-0.3, -0.25) is 14.4 Å². The van der Waals surface area contributed by atoms with E-state index in [1.807, 2.05) is 6.26 Å². The molecule has 13 heteroatoms. The Labute approximate surface area is 205 Å². The van der Waals surface area contributed by atoms with Gasteiger partial charge in [0.15, 0.2) is 0 Å². The molecule has 0 aromatic carbocycles. The molecule has 0 fully saturated rings. The van der Waals surface area contributed by atoms with E-state index in [2.05, 4.69) is 28.6 Å². The second kappa shape index (κ2) is 18.8. The first-order valence-corrected chi connectivity index (χ1v) is 13.1. The van der Waals surface area contributed by atoms with Crippen LogP contribution in [0.2, 0.25) is 0 Å².